The smallest absolute Gasteiger partial charge is 0.143 e. The molecule has 0 aliphatic carbocycles. The lowest BCUT2D eigenvalue weighted by Crippen LogP contribution is -1.75. The standard InChI is InChI=1S/C13H11NO3/c1-6-2-3-8-9-4-7(15)5-10(16)11(9)14-12(8)13(6)17/h2-5,14-17H,1H3. The second kappa shape index (κ2) is 3.07. The first-order valence-electron chi connectivity index (χ1n) is 5.24. The largest absolute Gasteiger partial charge is 0.508 e. The molecule has 4 N–H and O–H groups in total. The average molecular weight is 229 g/mol. The maximum atomic E-state index is 9.94. The number of aromatic amines is 1. The van der Waals surface area contributed by atoms with Gasteiger partial charge in [-0.3, -0.25) is 0 Å². The van der Waals surface area contributed by atoms with E-state index in [1.807, 2.05) is 6.07 Å². The topological polar surface area (TPSA) is 76.5 Å². The Bertz CT molecular complexity index is 743. The summed E-state index contributed by atoms with van der Waals surface area (Å²) in [5.74, 6) is 0.127. The molecule has 0 unspecified atom stereocenters. The molecule has 0 spiro atoms. The van der Waals surface area contributed by atoms with Crippen molar-refractivity contribution < 1.29 is 15.3 Å². The maximum Gasteiger partial charge on any atom is 0.143 e. The van der Waals surface area contributed by atoms with E-state index in [9.17, 15) is 15.3 Å². The minimum atomic E-state index is -0.0340. The molecular weight excluding hydrogens is 218 g/mol. The normalized spacial score (nSPS) is 11.4. The van der Waals surface area contributed by atoms with E-state index in [0.29, 0.717) is 16.4 Å². The maximum absolute atomic E-state index is 9.94. The molecule has 86 valence electrons. The highest BCUT2D eigenvalue weighted by Gasteiger charge is 2.12. The molecule has 3 rings (SSSR count). The highest BCUT2D eigenvalue weighted by atomic mass is 16.3. The molecule has 0 fully saturated rings. The van der Waals surface area contributed by atoms with Gasteiger partial charge >= 0.3 is 0 Å². The van der Waals surface area contributed by atoms with Gasteiger partial charge in [0, 0.05) is 16.8 Å². The molecule has 0 amide bonds. The summed E-state index contributed by atoms with van der Waals surface area (Å²) < 4.78 is 0. The number of H-pyrrole nitrogens is 1. The minimum absolute atomic E-state index is 0.00374. The molecular formula is C13H11NO3. The zero-order chi connectivity index (χ0) is 12.2. The van der Waals surface area contributed by atoms with Crippen molar-refractivity contribution in [2.45, 2.75) is 6.92 Å². The predicted octanol–water partition coefficient (Wildman–Crippen LogP) is 2.75. The minimum Gasteiger partial charge on any atom is -0.508 e. The molecule has 3 aromatic rings. The van der Waals surface area contributed by atoms with E-state index in [0.717, 1.165) is 10.9 Å². The molecule has 0 saturated heterocycles. The van der Waals surface area contributed by atoms with E-state index in [4.69, 9.17) is 0 Å². The van der Waals surface area contributed by atoms with Crippen LogP contribution in [0.15, 0.2) is 24.3 Å². The van der Waals surface area contributed by atoms with Crippen LogP contribution in [0.25, 0.3) is 21.8 Å². The van der Waals surface area contributed by atoms with Crippen molar-refractivity contribution in [2.24, 2.45) is 0 Å². The fourth-order valence-corrected chi connectivity index (χ4v) is 2.13. The van der Waals surface area contributed by atoms with E-state index < -0.39 is 0 Å². The Morgan fingerprint density at radius 2 is 1.71 bits per heavy atom. The van der Waals surface area contributed by atoms with Crippen LogP contribution in [0.2, 0.25) is 0 Å². The highest BCUT2D eigenvalue weighted by molar-refractivity contribution is 6.11. The van der Waals surface area contributed by atoms with Gasteiger partial charge in [-0.25, -0.2) is 0 Å². The Morgan fingerprint density at radius 1 is 0.941 bits per heavy atom. The summed E-state index contributed by atoms with van der Waals surface area (Å²) in [7, 11) is 0. The average Bonchev–Trinajstić information content (AvgIpc) is 2.63. The number of hydrogen-bond donors (Lipinski definition) is 4. The Labute approximate surface area is 96.8 Å². The van der Waals surface area contributed by atoms with Gasteiger partial charge in [-0.15, -0.1) is 0 Å². The molecule has 0 radical (unpaired) electrons. The van der Waals surface area contributed by atoms with Crippen molar-refractivity contribution in [2.75, 3.05) is 0 Å². The fourth-order valence-electron chi connectivity index (χ4n) is 2.13. The van der Waals surface area contributed by atoms with Crippen LogP contribution < -0.4 is 0 Å². The van der Waals surface area contributed by atoms with Crippen molar-refractivity contribution in [1.29, 1.82) is 0 Å². The summed E-state index contributed by atoms with van der Waals surface area (Å²) in [6.07, 6.45) is 0. The Balaban J connectivity index is 2.59. The Hall–Kier alpha value is -2.36. The third-order valence-electron chi connectivity index (χ3n) is 3.02. The number of aryl methyl sites for hydroxylation is 1. The van der Waals surface area contributed by atoms with E-state index in [2.05, 4.69) is 4.98 Å². The number of fused-ring (bicyclic) bond motifs is 3. The molecule has 0 bridgehead atoms. The van der Waals surface area contributed by atoms with E-state index in [1.165, 1.54) is 6.07 Å². The molecule has 4 heteroatoms. The third kappa shape index (κ3) is 1.24. The highest BCUT2D eigenvalue weighted by Crippen LogP contribution is 2.38. The van der Waals surface area contributed by atoms with Crippen LogP contribution in [0, 0.1) is 6.92 Å². The van der Waals surface area contributed by atoms with Gasteiger partial charge in [0.15, 0.2) is 0 Å². The van der Waals surface area contributed by atoms with Gasteiger partial charge in [0.05, 0.1) is 11.0 Å². The van der Waals surface area contributed by atoms with Gasteiger partial charge in [0.2, 0.25) is 0 Å². The third-order valence-corrected chi connectivity index (χ3v) is 3.02. The number of phenols is 3. The van der Waals surface area contributed by atoms with Gasteiger partial charge in [-0.2, -0.15) is 0 Å². The molecule has 1 aromatic heterocycles. The molecule has 1 heterocycles. The summed E-state index contributed by atoms with van der Waals surface area (Å²) in [6, 6.07) is 6.47. The van der Waals surface area contributed by atoms with Crippen LogP contribution in [0.3, 0.4) is 0 Å². The van der Waals surface area contributed by atoms with Crippen molar-refractivity contribution in [3.8, 4) is 17.2 Å². The van der Waals surface area contributed by atoms with Crippen LogP contribution in [0.1, 0.15) is 5.56 Å². The van der Waals surface area contributed by atoms with E-state index in [1.54, 1.807) is 19.1 Å². The summed E-state index contributed by atoms with van der Waals surface area (Å²) in [4.78, 5) is 2.97. The quantitative estimate of drug-likeness (QED) is 0.478. The molecule has 2 aromatic carbocycles. The fraction of sp³-hybridized carbons (Fsp3) is 0.0769. The number of benzene rings is 2. The van der Waals surface area contributed by atoms with Gasteiger partial charge in [0.1, 0.15) is 17.2 Å². The van der Waals surface area contributed by atoms with Crippen LogP contribution in [-0.2, 0) is 0 Å². The van der Waals surface area contributed by atoms with Crippen molar-refractivity contribution in [3.05, 3.63) is 29.8 Å². The molecule has 0 aliphatic heterocycles. The van der Waals surface area contributed by atoms with Crippen molar-refractivity contribution in [3.63, 3.8) is 0 Å². The molecule has 0 saturated carbocycles. The van der Waals surface area contributed by atoms with E-state index in [-0.39, 0.29) is 17.2 Å². The zero-order valence-corrected chi connectivity index (χ0v) is 9.15. The number of phenolic OH excluding ortho intramolecular Hbond substituents is 3. The lowest BCUT2D eigenvalue weighted by Gasteiger charge is -1.99. The summed E-state index contributed by atoms with van der Waals surface area (Å²) in [6.45, 7) is 1.80. The lowest BCUT2D eigenvalue weighted by atomic mass is 10.1. The second-order valence-corrected chi connectivity index (χ2v) is 4.17. The molecule has 17 heavy (non-hydrogen) atoms. The summed E-state index contributed by atoms with van der Waals surface area (Å²) in [5.41, 5.74) is 1.84. The predicted molar refractivity (Wildman–Crippen MR) is 65.5 cm³/mol. The number of nitrogens with one attached hydrogen (secondary N) is 1. The molecule has 0 aliphatic rings. The van der Waals surface area contributed by atoms with Crippen LogP contribution in [-0.4, -0.2) is 20.3 Å². The molecule has 4 nitrogen and oxygen atoms in total. The number of aromatic nitrogens is 1. The first-order chi connectivity index (χ1) is 8.08. The second-order valence-electron chi connectivity index (χ2n) is 4.17. The lowest BCUT2D eigenvalue weighted by molar-refractivity contribution is 0.454. The first kappa shape index (κ1) is 9.84. The summed E-state index contributed by atoms with van der Waals surface area (Å²) in [5, 5.41) is 30.6. The Kier molecular flexibility index (Phi) is 1.78. The van der Waals surface area contributed by atoms with Gasteiger partial charge in [0.25, 0.3) is 0 Å². The zero-order valence-electron chi connectivity index (χ0n) is 9.15. The Morgan fingerprint density at radius 3 is 2.47 bits per heavy atom. The number of hydrogen-bond acceptors (Lipinski definition) is 3. The molecule has 0 atom stereocenters. The van der Waals surface area contributed by atoms with Gasteiger partial charge in [-0.1, -0.05) is 12.1 Å². The van der Waals surface area contributed by atoms with Crippen LogP contribution in [0.4, 0.5) is 0 Å². The van der Waals surface area contributed by atoms with Crippen molar-refractivity contribution >= 4 is 21.8 Å². The SMILES string of the molecule is Cc1ccc2c([nH]c3c(O)cc(O)cc32)c1O. The number of rotatable bonds is 0. The van der Waals surface area contributed by atoms with Crippen LogP contribution in [0.5, 0.6) is 17.2 Å². The van der Waals surface area contributed by atoms with Crippen molar-refractivity contribution in [1.82, 2.24) is 4.98 Å². The number of aromatic hydroxyl groups is 3. The van der Waals surface area contributed by atoms with Gasteiger partial charge < -0.3 is 20.3 Å². The monoisotopic (exact) mass is 229 g/mol. The first-order valence-corrected chi connectivity index (χ1v) is 5.24. The van der Waals surface area contributed by atoms with Gasteiger partial charge in [-0.05, 0) is 18.6 Å². The van der Waals surface area contributed by atoms with E-state index >= 15 is 0 Å². The van der Waals surface area contributed by atoms with Crippen LogP contribution >= 0.6 is 0 Å². The summed E-state index contributed by atoms with van der Waals surface area (Å²) >= 11 is 0.